The van der Waals surface area contributed by atoms with Crippen molar-refractivity contribution in [3.05, 3.63) is 41.6 Å². The van der Waals surface area contributed by atoms with Crippen LogP contribution in [-0.2, 0) is 6.18 Å². The van der Waals surface area contributed by atoms with Gasteiger partial charge in [0, 0.05) is 11.3 Å². The molecule has 0 saturated carbocycles. The van der Waals surface area contributed by atoms with Crippen LogP contribution in [0.1, 0.15) is 11.3 Å². The molecular formula is C11H9F3N2. The van der Waals surface area contributed by atoms with E-state index in [1.165, 1.54) is 12.1 Å². The van der Waals surface area contributed by atoms with E-state index < -0.39 is 11.7 Å². The predicted octanol–water partition coefficient (Wildman–Crippen LogP) is 3.40. The van der Waals surface area contributed by atoms with E-state index in [-0.39, 0.29) is 0 Å². The van der Waals surface area contributed by atoms with Gasteiger partial charge in [0.25, 0.3) is 0 Å². The highest BCUT2D eigenvalue weighted by atomic mass is 19.4. The first-order valence-corrected chi connectivity index (χ1v) is 4.66. The van der Waals surface area contributed by atoms with Crippen LogP contribution in [0.4, 0.5) is 13.2 Å². The number of halogens is 3. The molecule has 2 aromatic rings. The van der Waals surface area contributed by atoms with Crippen LogP contribution in [0.5, 0.6) is 0 Å². The lowest BCUT2D eigenvalue weighted by Crippen LogP contribution is -2.03. The second-order valence-corrected chi connectivity index (χ2v) is 3.51. The molecule has 0 spiro atoms. The van der Waals surface area contributed by atoms with E-state index in [4.69, 9.17) is 0 Å². The summed E-state index contributed by atoms with van der Waals surface area (Å²) < 4.78 is 36.9. The summed E-state index contributed by atoms with van der Waals surface area (Å²) in [4.78, 5) is 0. The molecule has 0 radical (unpaired) electrons. The minimum atomic E-state index is -4.29. The second-order valence-electron chi connectivity index (χ2n) is 3.51. The van der Waals surface area contributed by atoms with Crippen LogP contribution in [0, 0.1) is 6.92 Å². The van der Waals surface area contributed by atoms with Gasteiger partial charge >= 0.3 is 6.18 Å². The smallest absolute Gasteiger partial charge is 0.282 e. The third-order valence-electron chi connectivity index (χ3n) is 2.21. The number of hydrogen-bond acceptors (Lipinski definition) is 1. The number of aromatic nitrogens is 2. The first-order valence-electron chi connectivity index (χ1n) is 4.66. The molecular weight excluding hydrogens is 217 g/mol. The topological polar surface area (TPSA) is 28.7 Å². The zero-order valence-corrected chi connectivity index (χ0v) is 8.47. The molecule has 2 rings (SSSR count). The molecule has 0 aliphatic carbocycles. The monoisotopic (exact) mass is 226 g/mol. The van der Waals surface area contributed by atoms with E-state index in [2.05, 4.69) is 10.2 Å². The minimum absolute atomic E-state index is 0.645. The summed E-state index contributed by atoms with van der Waals surface area (Å²) in [6, 6.07) is 6.72. The Balaban J connectivity index is 2.33. The number of H-pyrrole nitrogens is 1. The molecule has 0 aliphatic rings. The lowest BCUT2D eigenvalue weighted by molar-refractivity contribution is -0.137. The van der Waals surface area contributed by atoms with Gasteiger partial charge in [-0.15, -0.1) is 0 Å². The zero-order chi connectivity index (χ0) is 11.8. The van der Waals surface area contributed by atoms with Gasteiger partial charge in [-0.2, -0.15) is 18.3 Å². The fraction of sp³-hybridized carbons (Fsp3) is 0.182. The number of alkyl halides is 3. The third-order valence-corrected chi connectivity index (χ3v) is 2.21. The van der Waals surface area contributed by atoms with Crippen molar-refractivity contribution in [1.29, 1.82) is 0 Å². The van der Waals surface area contributed by atoms with Crippen LogP contribution in [-0.4, -0.2) is 10.2 Å². The SMILES string of the molecule is Cc1cc(-c2ccc(C(F)(F)F)cc2)n[nH]1. The standard InChI is InChI=1S/C11H9F3N2/c1-7-6-10(16-15-7)8-2-4-9(5-3-8)11(12,13)14/h2-6H,1H3,(H,15,16). The number of nitrogens with zero attached hydrogens (tertiary/aromatic N) is 1. The molecule has 16 heavy (non-hydrogen) atoms. The van der Waals surface area contributed by atoms with Gasteiger partial charge in [0.05, 0.1) is 11.3 Å². The number of aromatic amines is 1. The van der Waals surface area contributed by atoms with Gasteiger partial charge < -0.3 is 0 Å². The Bertz CT molecular complexity index is 483. The van der Waals surface area contributed by atoms with Gasteiger partial charge in [0.1, 0.15) is 0 Å². The maximum atomic E-state index is 12.3. The molecule has 0 fully saturated rings. The molecule has 2 nitrogen and oxygen atoms in total. The average molecular weight is 226 g/mol. The van der Waals surface area contributed by atoms with Crippen LogP contribution >= 0.6 is 0 Å². The van der Waals surface area contributed by atoms with Crippen molar-refractivity contribution in [2.24, 2.45) is 0 Å². The quantitative estimate of drug-likeness (QED) is 0.793. The van der Waals surface area contributed by atoms with Crippen LogP contribution < -0.4 is 0 Å². The van der Waals surface area contributed by atoms with E-state index in [1.54, 1.807) is 6.07 Å². The van der Waals surface area contributed by atoms with Crippen LogP contribution in [0.3, 0.4) is 0 Å². The normalized spacial score (nSPS) is 11.8. The number of aryl methyl sites for hydroxylation is 1. The van der Waals surface area contributed by atoms with E-state index in [9.17, 15) is 13.2 Å². The summed E-state index contributed by atoms with van der Waals surface area (Å²) in [6.07, 6.45) is -4.29. The van der Waals surface area contributed by atoms with Gasteiger partial charge in [0.2, 0.25) is 0 Å². The molecule has 5 heteroatoms. The molecule has 1 aromatic carbocycles. The summed E-state index contributed by atoms with van der Waals surface area (Å²) in [7, 11) is 0. The first-order chi connectivity index (χ1) is 7.47. The second kappa shape index (κ2) is 3.66. The number of hydrogen-bond donors (Lipinski definition) is 1. The van der Waals surface area contributed by atoms with E-state index in [1.807, 2.05) is 6.92 Å². The first kappa shape index (κ1) is 10.7. The van der Waals surface area contributed by atoms with Crippen molar-refractivity contribution >= 4 is 0 Å². The Morgan fingerprint density at radius 1 is 1.12 bits per heavy atom. The molecule has 0 aliphatic heterocycles. The molecule has 0 bridgehead atoms. The van der Waals surface area contributed by atoms with E-state index in [0.29, 0.717) is 11.3 Å². The Labute approximate surface area is 90.1 Å². The molecule has 1 aromatic heterocycles. The summed E-state index contributed by atoms with van der Waals surface area (Å²) in [5, 5.41) is 6.71. The average Bonchev–Trinajstić information content (AvgIpc) is 2.64. The lowest BCUT2D eigenvalue weighted by Gasteiger charge is -2.06. The van der Waals surface area contributed by atoms with E-state index in [0.717, 1.165) is 17.8 Å². The molecule has 0 amide bonds. The van der Waals surface area contributed by atoms with Gasteiger partial charge in [0.15, 0.2) is 0 Å². The maximum Gasteiger partial charge on any atom is 0.416 e. The molecule has 1 N–H and O–H groups in total. The Morgan fingerprint density at radius 2 is 1.75 bits per heavy atom. The van der Waals surface area contributed by atoms with E-state index >= 15 is 0 Å². The Hall–Kier alpha value is -1.78. The molecule has 1 heterocycles. The van der Waals surface area contributed by atoms with Gasteiger partial charge in [-0.05, 0) is 25.1 Å². The predicted molar refractivity (Wildman–Crippen MR) is 53.8 cm³/mol. The summed E-state index contributed by atoms with van der Waals surface area (Å²) in [6.45, 7) is 1.83. The highest BCUT2D eigenvalue weighted by Crippen LogP contribution is 2.30. The summed E-state index contributed by atoms with van der Waals surface area (Å²) in [5.41, 5.74) is 1.53. The Kier molecular flexibility index (Phi) is 2.46. The Morgan fingerprint density at radius 3 is 2.19 bits per heavy atom. The minimum Gasteiger partial charge on any atom is -0.282 e. The number of benzene rings is 1. The van der Waals surface area contributed by atoms with Crippen molar-refractivity contribution in [2.75, 3.05) is 0 Å². The third kappa shape index (κ3) is 2.08. The van der Waals surface area contributed by atoms with Crippen molar-refractivity contribution in [3.63, 3.8) is 0 Å². The highest BCUT2D eigenvalue weighted by molar-refractivity contribution is 5.59. The maximum absolute atomic E-state index is 12.3. The van der Waals surface area contributed by atoms with Gasteiger partial charge in [-0.3, -0.25) is 5.10 Å². The molecule has 0 atom stereocenters. The van der Waals surface area contributed by atoms with Crippen molar-refractivity contribution < 1.29 is 13.2 Å². The summed E-state index contributed by atoms with van der Waals surface area (Å²) in [5.74, 6) is 0. The van der Waals surface area contributed by atoms with Crippen molar-refractivity contribution in [3.8, 4) is 11.3 Å². The lowest BCUT2D eigenvalue weighted by atomic mass is 10.1. The largest absolute Gasteiger partial charge is 0.416 e. The van der Waals surface area contributed by atoms with Crippen LogP contribution in [0.25, 0.3) is 11.3 Å². The molecule has 0 unspecified atom stereocenters. The fourth-order valence-electron chi connectivity index (χ4n) is 1.40. The van der Waals surface area contributed by atoms with Crippen molar-refractivity contribution in [2.45, 2.75) is 13.1 Å². The highest BCUT2D eigenvalue weighted by Gasteiger charge is 2.29. The van der Waals surface area contributed by atoms with Crippen molar-refractivity contribution in [1.82, 2.24) is 10.2 Å². The number of rotatable bonds is 1. The number of nitrogens with one attached hydrogen (secondary N) is 1. The molecule has 0 saturated heterocycles. The zero-order valence-electron chi connectivity index (χ0n) is 8.47. The van der Waals surface area contributed by atoms with Crippen LogP contribution in [0.2, 0.25) is 0 Å². The van der Waals surface area contributed by atoms with Crippen LogP contribution in [0.15, 0.2) is 30.3 Å². The van der Waals surface area contributed by atoms with Gasteiger partial charge in [-0.1, -0.05) is 12.1 Å². The van der Waals surface area contributed by atoms with Gasteiger partial charge in [-0.25, -0.2) is 0 Å². The fourth-order valence-corrected chi connectivity index (χ4v) is 1.40. The molecule has 84 valence electrons. The summed E-state index contributed by atoms with van der Waals surface area (Å²) >= 11 is 0.